The predicted molar refractivity (Wildman–Crippen MR) is 101 cm³/mol. The molecular weight excluding hydrogens is 366 g/mol. The van der Waals surface area contributed by atoms with E-state index < -0.39 is 17.6 Å². The van der Waals surface area contributed by atoms with Crippen molar-refractivity contribution in [3.05, 3.63) is 59.2 Å². The number of hydrogen-bond donors (Lipinski definition) is 1. The Morgan fingerprint density at radius 1 is 1.18 bits per heavy atom. The Morgan fingerprint density at radius 3 is 2.57 bits per heavy atom. The lowest BCUT2D eigenvalue weighted by molar-refractivity contribution is -0.126. The quantitative estimate of drug-likeness (QED) is 0.774. The zero-order chi connectivity index (χ0) is 20.3. The molecule has 0 aliphatic carbocycles. The van der Waals surface area contributed by atoms with Crippen LogP contribution in [0.3, 0.4) is 0 Å². The van der Waals surface area contributed by atoms with Crippen LogP contribution >= 0.6 is 0 Å². The zero-order valence-corrected chi connectivity index (χ0v) is 15.8. The standard InChI is InChI=1S/C21H22F2N2O3/c1-13-7-14(2)9-17(8-13)28-6-5-24-21(27)15-10-20(26)25(12-15)19-4-3-16(22)11-18(19)23/h3-4,7-9,11,15H,5-6,10,12H2,1-2H3,(H,24,27). The molecule has 0 spiro atoms. The fourth-order valence-electron chi connectivity index (χ4n) is 3.32. The van der Waals surface area contributed by atoms with Gasteiger partial charge in [0.1, 0.15) is 24.0 Å². The Morgan fingerprint density at radius 2 is 1.89 bits per heavy atom. The number of carbonyl (C=O) groups excluding carboxylic acids is 2. The summed E-state index contributed by atoms with van der Waals surface area (Å²) in [5.41, 5.74) is 2.17. The molecule has 0 saturated carbocycles. The van der Waals surface area contributed by atoms with Crippen molar-refractivity contribution in [1.82, 2.24) is 5.32 Å². The van der Waals surface area contributed by atoms with E-state index in [1.54, 1.807) is 0 Å². The normalized spacial score (nSPS) is 16.4. The predicted octanol–water partition coefficient (Wildman–Crippen LogP) is 3.13. The summed E-state index contributed by atoms with van der Waals surface area (Å²) in [5, 5.41) is 2.74. The summed E-state index contributed by atoms with van der Waals surface area (Å²) in [6.45, 7) is 4.61. The van der Waals surface area contributed by atoms with Crippen molar-refractivity contribution < 1.29 is 23.1 Å². The topological polar surface area (TPSA) is 58.6 Å². The van der Waals surface area contributed by atoms with E-state index in [9.17, 15) is 18.4 Å². The van der Waals surface area contributed by atoms with E-state index in [-0.39, 0.29) is 30.5 Å². The van der Waals surface area contributed by atoms with Crippen LogP contribution in [0.15, 0.2) is 36.4 Å². The second kappa shape index (κ2) is 8.37. The molecule has 0 aromatic heterocycles. The second-order valence-corrected chi connectivity index (χ2v) is 6.96. The summed E-state index contributed by atoms with van der Waals surface area (Å²) in [7, 11) is 0. The Balaban J connectivity index is 1.50. The fourth-order valence-corrected chi connectivity index (χ4v) is 3.32. The molecule has 1 aliphatic heterocycles. The highest BCUT2D eigenvalue weighted by Gasteiger charge is 2.36. The fraction of sp³-hybridized carbons (Fsp3) is 0.333. The first-order valence-corrected chi connectivity index (χ1v) is 9.07. The van der Waals surface area contributed by atoms with Crippen LogP contribution in [0.5, 0.6) is 5.75 Å². The summed E-state index contributed by atoms with van der Waals surface area (Å²) in [4.78, 5) is 25.7. The van der Waals surface area contributed by atoms with Crippen LogP contribution in [0.4, 0.5) is 14.5 Å². The molecule has 1 saturated heterocycles. The van der Waals surface area contributed by atoms with Gasteiger partial charge in [-0.15, -0.1) is 0 Å². The lowest BCUT2D eigenvalue weighted by Crippen LogP contribution is -2.35. The molecule has 7 heteroatoms. The zero-order valence-electron chi connectivity index (χ0n) is 15.8. The summed E-state index contributed by atoms with van der Waals surface area (Å²) >= 11 is 0. The summed E-state index contributed by atoms with van der Waals surface area (Å²) in [5.74, 6) is -2.04. The number of rotatable bonds is 6. The Kier molecular flexibility index (Phi) is 5.92. The van der Waals surface area contributed by atoms with Gasteiger partial charge in [-0.1, -0.05) is 6.07 Å². The number of hydrogen-bond acceptors (Lipinski definition) is 3. The van der Waals surface area contributed by atoms with Gasteiger partial charge in [0.15, 0.2) is 0 Å². The highest BCUT2D eigenvalue weighted by molar-refractivity contribution is 6.00. The van der Waals surface area contributed by atoms with Crippen LogP contribution in [0.2, 0.25) is 0 Å². The molecule has 1 aliphatic rings. The van der Waals surface area contributed by atoms with E-state index in [1.165, 1.54) is 11.0 Å². The van der Waals surface area contributed by atoms with E-state index in [2.05, 4.69) is 5.32 Å². The molecule has 3 rings (SSSR count). The van der Waals surface area contributed by atoms with Gasteiger partial charge in [0.25, 0.3) is 0 Å². The number of carbonyl (C=O) groups is 2. The first kappa shape index (κ1) is 19.8. The molecule has 148 valence electrons. The van der Waals surface area contributed by atoms with Gasteiger partial charge in [0.2, 0.25) is 11.8 Å². The molecule has 28 heavy (non-hydrogen) atoms. The number of nitrogens with zero attached hydrogens (tertiary/aromatic N) is 1. The minimum atomic E-state index is -0.823. The molecule has 0 bridgehead atoms. The summed E-state index contributed by atoms with van der Waals surface area (Å²) in [6.07, 6.45) is -0.0133. The molecular formula is C21H22F2N2O3. The molecule has 2 aromatic rings. The highest BCUT2D eigenvalue weighted by atomic mass is 19.1. The molecule has 1 unspecified atom stereocenters. The van der Waals surface area contributed by atoms with Crippen molar-refractivity contribution in [2.45, 2.75) is 20.3 Å². The smallest absolute Gasteiger partial charge is 0.227 e. The van der Waals surface area contributed by atoms with E-state index in [1.807, 2.05) is 32.0 Å². The Bertz CT molecular complexity index is 881. The maximum atomic E-state index is 13.9. The van der Waals surface area contributed by atoms with Gasteiger partial charge in [0.05, 0.1) is 18.2 Å². The van der Waals surface area contributed by atoms with Crippen molar-refractivity contribution in [2.75, 3.05) is 24.6 Å². The summed E-state index contributed by atoms with van der Waals surface area (Å²) < 4.78 is 32.6. The van der Waals surface area contributed by atoms with Crippen LogP contribution in [-0.2, 0) is 9.59 Å². The van der Waals surface area contributed by atoms with Gasteiger partial charge in [0, 0.05) is 19.0 Å². The number of nitrogens with one attached hydrogen (secondary N) is 1. The Labute approximate surface area is 162 Å². The van der Waals surface area contributed by atoms with Gasteiger partial charge in [-0.3, -0.25) is 9.59 Å². The van der Waals surface area contributed by atoms with Gasteiger partial charge in [-0.2, -0.15) is 0 Å². The molecule has 5 nitrogen and oxygen atoms in total. The number of anilines is 1. The molecule has 1 N–H and O–H groups in total. The number of halogens is 2. The monoisotopic (exact) mass is 388 g/mol. The van der Waals surface area contributed by atoms with Crippen LogP contribution < -0.4 is 15.0 Å². The lowest BCUT2D eigenvalue weighted by atomic mass is 10.1. The third-order valence-corrected chi connectivity index (χ3v) is 4.56. The van der Waals surface area contributed by atoms with Crippen molar-refractivity contribution in [1.29, 1.82) is 0 Å². The van der Waals surface area contributed by atoms with Crippen LogP contribution in [0.1, 0.15) is 17.5 Å². The van der Waals surface area contributed by atoms with Crippen molar-refractivity contribution in [3.63, 3.8) is 0 Å². The van der Waals surface area contributed by atoms with Crippen LogP contribution in [0, 0.1) is 31.4 Å². The highest BCUT2D eigenvalue weighted by Crippen LogP contribution is 2.28. The largest absolute Gasteiger partial charge is 0.492 e. The van der Waals surface area contributed by atoms with Gasteiger partial charge in [-0.25, -0.2) is 8.78 Å². The molecule has 1 heterocycles. The number of amides is 2. The second-order valence-electron chi connectivity index (χ2n) is 6.96. The minimum Gasteiger partial charge on any atom is -0.492 e. The van der Waals surface area contributed by atoms with E-state index >= 15 is 0 Å². The number of benzene rings is 2. The van der Waals surface area contributed by atoms with Crippen molar-refractivity contribution >= 4 is 17.5 Å². The SMILES string of the molecule is Cc1cc(C)cc(OCCNC(=O)C2CC(=O)N(c3ccc(F)cc3F)C2)c1. The van der Waals surface area contributed by atoms with E-state index in [4.69, 9.17) is 4.74 Å². The molecule has 2 amide bonds. The minimum absolute atomic E-state index is 0.0133. The maximum absolute atomic E-state index is 13.9. The Hall–Kier alpha value is -2.96. The first-order valence-electron chi connectivity index (χ1n) is 9.07. The third kappa shape index (κ3) is 4.65. The number of ether oxygens (including phenoxy) is 1. The molecule has 0 radical (unpaired) electrons. The molecule has 1 atom stereocenters. The summed E-state index contributed by atoms with van der Waals surface area (Å²) in [6, 6.07) is 8.89. The van der Waals surface area contributed by atoms with Crippen LogP contribution in [0.25, 0.3) is 0 Å². The van der Waals surface area contributed by atoms with Crippen molar-refractivity contribution in [3.8, 4) is 5.75 Å². The third-order valence-electron chi connectivity index (χ3n) is 4.56. The average molecular weight is 388 g/mol. The van der Waals surface area contributed by atoms with Crippen molar-refractivity contribution in [2.24, 2.45) is 5.92 Å². The molecule has 2 aromatic carbocycles. The average Bonchev–Trinajstić information content (AvgIpc) is 2.99. The first-order chi connectivity index (χ1) is 13.3. The molecule has 1 fully saturated rings. The van der Waals surface area contributed by atoms with Gasteiger partial charge >= 0.3 is 0 Å². The van der Waals surface area contributed by atoms with Crippen LogP contribution in [-0.4, -0.2) is 31.5 Å². The van der Waals surface area contributed by atoms with Gasteiger partial charge in [-0.05, 0) is 49.2 Å². The van der Waals surface area contributed by atoms with E-state index in [0.717, 1.165) is 29.0 Å². The maximum Gasteiger partial charge on any atom is 0.227 e. The number of aryl methyl sites for hydroxylation is 2. The van der Waals surface area contributed by atoms with Gasteiger partial charge < -0.3 is 15.0 Å². The van der Waals surface area contributed by atoms with E-state index in [0.29, 0.717) is 13.2 Å². The lowest BCUT2D eigenvalue weighted by Gasteiger charge is -2.17.